The van der Waals surface area contributed by atoms with Crippen LogP contribution in [0.25, 0.3) is 0 Å². The van der Waals surface area contributed by atoms with Crippen molar-refractivity contribution in [3.8, 4) is 0 Å². The fraction of sp³-hybridized carbons (Fsp3) is 0.286. The maximum Gasteiger partial charge on any atom is 0.287 e. The van der Waals surface area contributed by atoms with Crippen molar-refractivity contribution in [3.63, 3.8) is 0 Å². The molecule has 1 aromatic rings. The molecule has 0 saturated carbocycles. The zero-order valence-corrected chi connectivity index (χ0v) is 8.87. The fourth-order valence-corrected chi connectivity index (χ4v) is 1.49. The van der Waals surface area contributed by atoms with Gasteiger partial charge >= 0.3 is 0 Å². The molecule has 0 unspecified atom stereocenters. The monoisotopic (exact) mass is 281 g/mol. The van der Waals surface area contributed by atoms with Crippen molar-refractivity contribution in [1.82, 2.24) is 4.98 Å². The molecular weight excluding hydrogens is 276 g/mol. The molecule has 8 heteroatoms. The lowest BCUT2D eigenvalue weighted by atomic mass is 10.2. The first-order valence-electron chi connectivity index (χ1n) is 3.79. The number of rotatable bonds is 3. The van der Waals surface area contributed by atoms with Gasteiger partial charge in [0.1, 0.15) is 10.2 Å². The molecule has 0 aliphatic heterocycles. The Labute approximate surface area is 91.6 Å². The van der Waals surface area contributed by atoms with Crippen molar-refractivity contribution in [2.45, 2.75) is 13.0 Å². The Kier molecular flexibility index (Phi) is 3.64. The maximum atomic E-state index is 12.4. The van der Waals surface area contributed by atoms with Crippen LogP contribution in [0.2, 0.25) is 0 Å². The van der Waals surface area contributed by atoms with E-state index in [9.17, 15) is 18.9 Å². The first kappa shape index (κ1) is 11.9. The fourth-order valence-electron chi connectivity index (χ4n) is 0.970. The predicted molar refractivity (Wildman–Crippen MR) is 51.4 cm³/mol. The third-order valence-corrected chi connectivity index (χ3v) is 2.44. The van der Waals surface area contributed by atoms with Gasteiger partial charge < -0.3 is 5.73 Å². The lowest BCUT2D eigenvalue weighted by molar-refractivity contribution is -0.385. The summed E-state index contributed by atoms with van der Waals surface area (Å²) in [6.07, 6.45) is -2.88. The standard InChI is InChI=1S/C7H6BrF2N3O2/c8-5-4(13(14)15)1-3(2-11)12-6(5)7(9)10/h1,7H,2,11H2. The van der Waals surface area contributed by atoms with E-state index in [0.717, 1.165) is 6.07 Å². The van der Waals surface area contributed by atoms with Crippen molar-refractivity contribution in [2.75, 3.05) is 0 Å². The first-order chi connectivity index (χ1) is 6.97. The molecule has 5 nitrogen and oxygen atoms in total. The molecule has 0 amide bonds. The van der Waals surface area contributed by atoms with Crippen LogP contribution in [0, 0.1) is 10.1 Å². The number of pyridine rings is 1. The van der Waals surface area contributed by atoms with Crippen molar-refractivity contribution in [2.24, 2.45) is 5.73 Å². The molecule has 0 fully saturated rings. The Morgan fingerprint density at radius 1 is 1.67 bits per heavy atom. The molecule has 2 N–H and O–H groups in total. The van der Waals surface area contributed by atoms with E-state index in [4.69, 9.17) is 5.73 Å². The van der Waals surface area contributed by atoms with Gasteiger partial charge in [0.2, 0.25) is 0 Å². The lowest BCUT2D eigenvalue weighted by Gasteiger charge is -2.05. The van der Waals surface area contributed by atoms with Gasteiger partial charge in [-0.1, -0.05) is 0 Å². The third-order valence-electron chi connectivity index (χ3n) is 1.63. The molecule has 0 spiro atoms. The molecule has 1 aromatic heterocycles. The van der Waals surface area contributed by atoms with Crippen LogP contribution in [0.1, 0.15) is 17.8 Å². The molecule has 0 bridgehead atoms. The topological polar surface area (TPSA) is 82.0 Å². The Morgan fingerprint density at radius 2 is 2.27 bits per heavy atom. The SMILES string of the molecule is NCc1cc([N+](=O)[O-])c(Br)c(C(F)F)n1. The van der Waals surface area contributed by atoms with Crippen molar-refractivity contribution < 1.29 is 13.7 Å². The molecule has 0 atom stereocenters. The smallest absolute Gasteiger partial charge is 0.287 e. The Morgan fingerprint density at radius 3 is 2.67 bits per heavy atom. The van der Waals surface area contributed by atoms with Gasteiger partial charge in [-0.05, 0) is 15.9 Å². The number of halogens is 3. The highest BCUT2D eigenvalue weighted by atomic mass is 79.9. The van der Waals surface area contributed by atoms with Gasteiger partial charge in [-0.15, -0.1) is 0 Å². The van der Waals surface area contributed by atoms with Crippen molar-refractivity contribution >= 4 is 21.6 Å². The van der Waals surface area contributed by atoms with E-state index >= 15 is 0 Å². The summed E-state index contributed by atoms with van der Waals surface area (Å²) in [5.41, 5.74) is 4.13. The summed E-state index contributed by atoms with van der Waals surface area (Å²) in [5, 5.41) is 10.5. The second kappa shape index (κ2) is 4.58. The Hall–Kier alpha value is -1.15. The van der Waals surface area contributed by atoms with Crippen LogP contribution >= 0.6 is 15.9 Å². The van der Waals surface area contributed by atoms with Gasteiger partial charge in [0, 0.05) is 12.6 Å². The summed E-state index contributed by atoms with van der Waals surface area (Å²) in [7, 11) is 0. The Balaban J connectivity index is 3.40. The van der Waals surface area contributed by atoms with Gasteiger partial charge in [0.25, 0.3) is 12.1 Å². The van der Waals surface area contributed by atoms with E-state index in [1.54, 1.807) is 0 Å². The summed E-state index contributed by atoms with van der Waals surface area (Å²) < 4.78 is 24.6. The normalized spacial score (nSPS) is 10.7. The van der Waals surface area contributed by atoms with Gasteiger partial charge in [-0.2, -0.15) is 0 Å². The number of nitrogens with two attached hydrogens (primary N) is 1. The molecule has 15 heavy (non-hydrogen) atoms. The Bertz CT molecular complexity index is 400. The minimum absolute atomic E-state index is 0.0557. The zero-order valence-electron chi connectivity index (χ0n) is 7.28. The summed E-state index contributed by atoms with van der Waals surface area (Å²) in [5.74, 6) is 0. The quantitative estimate of drug-likeness (QED) is 0.680. The third kappa shape index (κ3) is 2.45. The molecule has 1 rings (SSSR count). The van der Waals surface area contributed by atoms with Gasteiger partial charge in [0.05, 0.1) is 10.6 Å². The van der Waals surface area contributed by atoms with Crippen LogP contribution in [0.3, 0.4) is 0 Å². The number of hydrogen-bond acceptors (Lipinski definition) is 4. The van der Waals surface area contributed by atoms with Gasteiger partial charge in [-0.25, -0.2) is 13.8 Å². The highest BCUT2D eigenvalue weighted by Gasteiger charge is 2.23. The number of nitrogens with zero attached hydrogens (tertiary/aromatic N) is 2. The summed E-state index contributed by atoms with van der Waals surface area (Å²) in [6.45, 7) is -0.131. The van der Waals surface area contributed by atoms with Crippen LogP contribution in [-0.2, 0) is 6.54 Å². The average molecular weight is 282 g/mol. The minimum Gasteiger partial charge on any atom is -0.325 e. The molecular formula is C7H6BrF2N3O2. The molecule has 0 saturated heterocycles. The summed E-state index contributed by atoms with van der Waals surface area (Å²) in [4.78, 5) is 13.3. The predicted octanol–water partition coefficient (Wildman–Crippen LogP) is 2.15. The molecule has 0 radical (unpaired) electrons. The number of nitro groups is 1. The van der Waals surface area contributed by atoms with Gasteiger partial charge in [0.15, 0.2) is 0 Å². The molecule has 1 heterocycles. The zero-order chi connectivity index (χ0) is 11.6. The highest BCUT2D eigenvalue weighted by Crippen LogP contribution is 2.33. The molecule has 0 aromatic carbocycles. The van der Waals surface area contributed by atoms with E-state index in [-0.39, 0.29) is 16.7 Å². The average Bonchev–Trinajstić information content (AvgIpc) is 2.17. The molecule has 82 valence electrons. The van der Waals surface area contributed by atoms with E-state index < -0.39 is 22.7 Å². The van der Waals surface area contributed by atoms with E-state index in [2.05, 4.69) is 20.9 Å². The lowest BCUT2D eigenvalue weighted by Crippen LogP contribution is -2.05. The van der Waals surface area contributed by atoms with Crippen LogP contribution in [0.15, 0.2) is 10.5 Å². The van der Waals surface area contributed by atoms with Crippen molar-refractivity contribution in [1.29, 1.82) is 0 Å². The first-order valence-corrected chi connectivity index (χ1v) is 4.58. The van der Waals surface area contributed by atoms with Crippen LogP contribution in [0.5, 0.6) is 0 Å². The summed E-state index contributed by atoms with van der Waals surface area (Å²) in [6, 6.07) is 1.07. The van der Waals surface area contributed by atoms with Gasteiger partial charge in [-0.3, -0.25) is 10.1 Å². The number of hydrogen-bond donors (Lipinski definition) is 1. The number of alkyl halides is 2. The maximum absolute atomic E-state index is 12.4. The minimum atomic E-state index is -2.88. The van der Waals surface area contributed by atoms with E-state index in [0.29, 0.717) is 0 Å². The van der Waals surface area contributed by atoms with Crippen LogP contribution in [0.4, 0.5) is 14.5 Å². The molecule has 0 aliphatic carbocycles. The van der Waals surface area contributed by atoms with Crippen LogP contribution < -0.4 is 5.73 Å². The second-order valence-corrected chi connectivity index (χ2v) is 3.39. The molecule has 0 aliphatic rings. The van der Waals surface area contributed by atoms with Crippen LogP contribution in [-0.4, -0.2) is 9.91 Å². The second-order valence-electron chi connectivity index (χ2n) is 2.59. The van der Waals surface area contributed by atoms with Crippen molar-refractivity contribution in [3.05, 3.63) is 32.0 Å². The highest BCUT2D eigenvalue weighted by molar-refractivity contribution is 9.10. The van der Waals surface area contributed by atoms with E-state index in [1.165, 1.54) is 0 Å². The summed E-state index contributed by atoms with van der Waals surface area (Å²) >= 11 is 2.72. The number of aromatic nitrogens is 1. The van der Waals surface area contributed by atoms with E-state index in [1.807, 2.05) is 0 Å². The largest absolute Gasteiger partial charge is 0.325 e.